The molecule has 1 aromatic heterocycles. The standard InChI is InChI=1S/C20H26N4O/c1-3-16-14-24(12-10-19(16)17-7-5-4-6-8-17)20(25)22-13-18-9-11-21-15(2)23-18/h4-9,11,16,19H,3,10,12-14H2,1-2H3,(H,22,25). The maximum Gasteiger partial charge on any atom is 0.317 e. The minimum atomic E-state index is 0.00114. The van der Waals surface area contributed by atoms with E-state index in [1.54, 1.807) is 6.20 Å². The Kier molecular flexibility index (Phi) is 5.64. The van der Waals surface area contributed by atoms with Crippen LogP contribution in [0.25, 0.3) is 0 Å². The van der Waals surface area contributed by atoms with Crippen molar-refractivity contribution in [2.75, 3.05) is 13.1 Å². The van der Waals surface area contributed by atoms with Gasteiger partial charge >= 0.3 is 6.03 Å². The number of aryl methyl sites for hydroxylation is 1. The number of benzene rings is 1. The monoisotopic (exact) mass is 338 g/mol. The van der Waals surface area contributed by atoms with E-state index in [-0.39, 0.29) is 6.03 Å². The van der Waals surface area contributed by atoms with Gasteiger partial charge in [0.2, 0.25) is 0 Å². The molecular formula is C20H26N4O. The molecule has 1 N–H and O–H groups in total. The molecule has 1 aliphatic rings. The summed E-state index contributed by atoms with van der Waals surface area (Å²) in [6.07, 6.45) is 3.82. The van der Waals surface area contributed by atoms with E-state index in [1.165, 1.54) is 5.56 Å². The third-order valence-corrected chi connectivity index (χ3v) is 5.03. The minimum Gasteiger partial charge on any atom is -0.332 e. The van der Waals surface area contributed by atoms with Gasteiger partial charge in [-0.2, -0.15) is 0 Å². The highest BCUT2D eigenvalue weighted by atomic mass is 16.2. The van der Waals surface area contributed by atoms with Crippen LogP contribution in [0.1, 0.15) is 42.8 Å². The average molecular weight is 338 g/mol. The first kappa shape index (κ1) is 17.4. The molecule has 25 heavy (non-hydrogen) atoms. The normalized spacial score (nSPS) is 20.3. The first-order chi connectivity index (χ1) is 12.2. The Labute approximate surface area is 149 Å². The predicted molar refractivity (Wildman–Crippen MR) is 98.2 cm³/mol. The van der Waals surface area contributed by atoms with Gasteiger partial charge < -0.3 is 10.2 Å². The van der Waals surface area contributed by atoms with E-state index >= 15 is 0 Å². The second kappa shape index (κ2) is 8.10. The molecule has 5 nitrogen and oxygen atoms in total. The second-order valence-corrected chi connectivity index (χ2v) is 6.67. The third kappa shape index (κ3) is 4.35. The summed E-state index contributed by atoms with van der Waals surface area (Å²) >= 11 is 0. The second-order valence-electron chi connectivity index (χ2n) is 6.67. The van der Waals surface area contributed by atoms with E-state index in [0.717, 1.165) is 37.4 Å². The fourth-order valence-corrected chi connectivity index (χ4v) is 3.65. The highest BCUT2D eigenvalue weighted by molar-refractivity contribution is 5.74. The van der Waals surface area contributed by atoms with Gasteiger partial charge in [-0.05, 0) is 36.8 Å². The Morgan fingerprint density at radius 3 is 2.80 bits per heavy atom. The molecule has 2 aromatic rings. The van der Waals surface area contributed by atoms with Crippen LogP contribution in [0.2, 0.25) is 0 Å². The number of piperidine rings is 1. The molecule has 0 bridgehead atoms. The van der Waals surface area contributed by atoms with E-state index in [1.807, 2.05) is 17.9 Å². The molecule has 5 heteroatoms. The molecule has 2 atom stereocenters. The van der Waals surface area contributed by atoms with Crippen molar-refractivity contribution >= 4 is 6.03 Å². The van der Waals surface area contributed by atoms with Gasteiger partial charge in [-0.15, -0.1) is 0 Å². The zero-order valence-corrected chi connectivity index (χ0v) is 15.0. The Balaban J connectivity index is 1.58. The zero-order valence-electron chi connectivity index (χ0n) is 15.0. The molecule has 2 amide bonds. The SMILES string of the molecule is CCC1CN(C(=O)NCc2ccnc(C)n2)CCC1c1ccccc1. The van der Waals surface area contributed by atoms with Crippen molar-refractivity contribution in [2.45, 2.75) is 39.2 Å². The van der Waals surface area contributed by atoms with Crippen molar-refractivity contribution in [3.05, 3.63) is 59.7 Å². The number of rotatable bonds is 4. The number of urea groups is 1. The number of likely N-dealkylation sites (tertiary alicyclic amines) is 1. The summed E-state index contributed by atoms with van der Waals surface area (Å²) in [6, 6.07) is 12.5. The maximum atomic E-state index is 12.5. The highest BCUT2D eigenvalue weighted by Crippen LogP contribution is 2.34. The van der Waals surface area contributed by atoms with Crippen molar-refractivity contribution in [1.82, 2.24) is 20.2 Å². The van der Waals surface area contributed by atoms with E-state index < -0.39 is 0 Å². The lowest BCUT2D eigenvalue weighted by Gasteiger charge is -2.38. The summed E-state index contributed by atoms with van der Waals surface area (Å²) in [7, 11) is 0. The fraction of sp³-hybridized carbons (Fsp3) is 0.450. The van der Waals surface area contributed by atoms with Crippen molar-refractivity contribution in [3.8, 4) is 0 Å². The van der Waals surface area contributed by atoms with Crippen LogP contribution in [0.3, 0.4) is 0 Å². The molecule has 0 spiro atoms. The number of hydrogen-bond donors (Lipinski definition) is 1. The van der Waals surface area contributed by atoms with Gasteiger partial charge in [0.15, 0.2) is 0 Å². The van der Waals surface area contributed by atoms with Crippen LogP contribution in [0.4, 0.5) is 4.79 Å². The molecule has 1 aliphatic heterocycles. The molecule has 3 rings (SSSR count). The molecule has 1 fully saturated rings. The Bertz CT molecular complexity index is 704. The third-order valence-electron chi connectivity index (χ3n) is 5.03. The number of amides is 2. The summed E-state index contributed by atoms with van der Waals surface area (Å²) in [4.78, 5) is 22.9. The number of carbonyl (C=O) groups excluding carboxylic acids is 1. The van der Waals surface area contributed by atoms with Crippen LogP contribution in [0, 0.1) is 12.8 Å². The highest BCUT2D eigenvalue weighted by Gasteiger charge is 2.31. The molecule has 1 saturated heterocycles. The summed E-state index contributed by atoms with van der Waals surface area (Å²) in [5, 5.41) is 2.99. The number of carbonyl (C=O) groups is 1. The molecule has 2 heterocycles. The lowest BCUT2D eigenvalue weighted by molar-refractivity contribution is 0.151. The predicted octanol–water partition coefficient (Wildman–Crippen LogP) is 3.51. The Morgan fingerprint density at radius 1 is 1.28 bits per heavy atom. The van der Waals surface area contributed by atoms with E-state index in [0.29, 0.717) is 18.4 Å². The first-order valence-electron chi connectivity index (χ1n) is 9.03. The van der Waals surface area contributed by atoms with E-state index in [4.69, 9.17) is 0 Å². The summed E-state index contributed by atoms with van der Waals surface area (Å²) in [5.41, 5.74) is 2.23. The van der Waals surface area contributed by atoms with E-state index in [9.17, 15) is 4.79 Å². The first-order valence-corrected chi connectivity index (χ1v) is 9.03. The molecule has 0 radical (unpaired) electrons. The van der Waals surface area contributed by atoms with Gasteiger partial charge in [0, 0.05) is 19.3 Å². The topological polar surface area (TPSA) is 58.1 Å². The van der Waals surface area contributed by atoms with Crippen LogP contribution >= 0.6 is 0 Å². The summed E-state index contributed by atoms with van der Waals surface area (Å²) in [6.45, 7) is 6.12. The zero-order chi connectivity index (χ0) is 17.6. The molecule has 1 aromatic carbocycles. The molecule has 132 valence electrons. The summed E-state index contributed by atoms with van der Waals surface area (Å²) < 4.78 is 0. The van der Waals surface area contributed by atoms with Crippen molar-refractivity contribution in [2.24, 2.45) is 5.92 Å². The number of nitrogens with one attached hydrogen (secondary N) is 1. The summed E-state index contributed by atoms with van der Waals surface area (Å²) in [5.74, 6) is 1.77. The largest absolute Gasteiger partial charge is 0.332 e. The van der Waals surface area contributed by atoms with Crippen LogP contribution in [-0.4, -0.2) is 34.0 Å². The van der Waals surface area contributed by atoms with Crippen LogP contribution < -0.4 is 5.32 Å². The van der Waals surface area contributed by atoms with Crippen LogP contribution in [-0.2, 0) is 6.54 Å². The maximum absolute atomic E-state index is 12.5. The molecule has 0 aliphatic carbocycles. The molecular weight excluding hydrogens is 312 g/mol. The van der Waals surface area contributed by atoms with E-state index in [2.05, 4.69) is 52.5 Å². The van der Waals surface area contributed by atoms with Gasteiger partial charge in [-0.3, -0.25) is 0 Å². The van der Waals surface area contributed by atoms with Crippen molar-refractivity contribution in [1.29, 1.82) is 0 Å². The quantitative estimate of drug-likeness (QED) is 0.928. The number of aromatic nitrogens is 2. The fourth-order valence-electron chi connectivity index (χ4n) is 3.65. The van der Waals surface area contributed by atoms with Crippen LogP contribution in [0.15, 0.2) is 42.6 Å². The van der Waals surface area contributed by atoms with Crippen LogP contribution in [0.5, 0.6) is 0 Å². The van der Waals surface area contributed by atoms with Gasteiger partial charge in [-0.25, -0.2) is 14.8 Å². The number of nitrogens with zero attached hydrogens (tertiary/aromatic N) is 3. The minimum absolute atomic E-state index is 0.00114. The van der Waals surface area contributed by atoms with Crippen molar-refractivity contribution in [3.63, 3.8) is 0 Å². The van der Waals surface area contributed by atoms with Gasteiger partial charge in [0.05, 0.1) is 12.2 Å². The van der Waals surface area contributed by atoms with Gasteiger partial charge in [-0.1, -0.05) is 43.7 Å². The smallest absolute Gasteiger partial charge is 0.317 e. The number of hydrogen-bond acceptors (Lipinski definition) is 3. The Morgan fingerprint density at radius 2 is 2.08 bits per heavy atom. The lowest BCUT2D eigenvalue weighted by atomic mass is 9.79. The molecule has 2 unspecified atom stereocenters. The molecule has 0 saturated carbocycles. The lowest BCUT2D eigenvalue weighted by Crippen LogP contribution is -2.47. The van der Waals surface area contributed by atoms with Crippen molar-refractivity contribution < 1.29 is 4.79 Å². The van der Waals surface area contributed by atoms with Gasteiger partial charge in [0.1, 0.15) is 5.82 Å². The average Bonchev–Trinajstić information content (AvgIpc) is 2.66. The Hall–Kier alpha value is -2.43. The van der Waals surface area contributed by atoms with Gasteiger partial charge in [0.25, 0.3) is 0 Å².